The maximum atomic E-state index is 6.11. The first-order chi connectivity index (χ1) is 8.40. The Kier molecular flexibility index (Phi) is 4.98. The molecule has 0 saturated carbocycles. The minimum Gasteiger partial charge on any atom is -0.379 e. The second-order valence-corrected chi connectivity index (χ2v) is 4.33. The van der Waals surface area contributed by atoms with Gasteiger partial charge in [-0.3, -0.25) is 0 Å². The molecule has 2 rings (SSSR count). The van der Waals surface area contributed by atoms with Crippen molar-refractivity contribution < 1.29 is 9.47 Å². The van der Waals surface area contributed by atoms with Crippen LogP contribution in [-0.2, 0) is 9.47 Å². The van der Waals surface area contributed by atoms with Crippen molar-refractivity contribution in [1.82, 2.24) is 5.32 Å². The predicted molar refractivity (Wildman–Crippen MR) is 68.0 cm³/mol. The van der Waals surface area contributed by atoms with Crippen molar-refractivity contribution in [3.05, 3.63) is 35.9 Å². The van der Waals surface area contributed by atoms with Gasteiger partial charge in [0.1, 0.15) is 0 Å². The fraction of sp³-hybridized carbons (Fsp3) is 0.571. The SMILES string of the molecule is CCNCC(OC1CCOC1)c1ccccc1. The lowest BCUT2D eigenvalue weighted by Gasteiger charge is -2.22. The monoisotopic (exact) mass is 235 g/mol. The summed E-state index contributed by atoms with van der Waals surface area (Å²) < 4.78 is 11.5. The molecule has 1 saturated heterocycles. The summed E-state index contributed by atoms with van der Waals surface area (Å²) in [5, 5.41) is 3.35. The Morgan fingerprint density at radius 1 is 1.41 bits per heavy atom. The van der Waals surface area contributed by atoms with Crippen LogP contribution in [0.2, 0.25) is 0 Å². The van der Waals surface area contributed by atoms with Crippen molar-refractivity contribution in [2.45, 2.75) is 25.6 Å². The molecule has 2 unspecified atom stereocenters. The van der Waals surface area contributed by atoms with Gasteiger partial charge in [-0.25, -0.2) is 0 Å². The molecule has 1 heterocycles. The zero-order valence-electron chi connectivity index (χ0n) is 10.4. The molecule has 1 aromatic carbocycles. The fourth-order valence-corrected chi connectivity index (χ4v) is 2.04. The molecular formula is C14H21NO2. The molecule has 3 nitrogen and oxygen atoms in total. The highest BCUT2D eigenvalue weighted by Gasteiger charge is 2.21. The van der Waals surface area contributed by atoms with E-state index in [0.29, 0.717) is 0 Å². The van der Waals surface area contributed by atoms with Crippen molar-refractivity contribution in [2.75, 3.05) is 26.3 Å². The third-order valence-electron chi connectivity index (χ3n) is 3.00. The van der Waals surface area contributed by atoms with Gasteiger partial charge in [-0.05, 0) is 18.5 Å². The second kappa shape index (κ2) is 6.74. The molecule has 0 radical (unpaired) electrons. The highest BCUT2D eigenvalue weighted by Crippen LogP contribution is 2.21. The molecule has 2 atom stereocenters. The fourth-order valence-electron chi connectivity index (χ4n) is 2.04. The third-order valence-corrected chi connectivity index (χ3v) is 3.00. The largest absolute Gasteiger partial charge is 0.379 e. The Hall–Kier alpha value is -0.900. The van der Waals surface area contributed by atoms with Crippen LogP contribution in [0.3, 0.4) is 0 Å². The summed E-state index contributed by atoms with van der Waals surface area (Å²) in [6.07, 6.45) is 1.39. The van der Waals surface area contributed by atoms with Crippen LogP contribution in [0.25, 0.3) is 0 Å². The predicted octanol–water partition coefficient (Wildman–Crippen LogP) is 2.14. The van der Waals surface area contributed by atoms with Gasteiger partial charge in [0.2, 0.25) is 0 Å². The van der Waals surface area contributed by atoms with Gasteiger partial charge in [-0.15, -0.1) is 0 Å². The van der Waals surface area contributed by atoms with Crippen molar-refractivity contribution in [2.24, 2.45) is 0 Å². The van der Waals surface area contributed by atoms with Gasteiger partial charge in [0.05, 0.1) is 18.8 Å². The van der Waals surface area contributed by atoms with E-state index in [1.54, 1.807) is 0 Å². The maximum absolute atomic E-state index is 6.11. The van der Waals surface area contributed by atoms with Crippen molar-refractivity contribution >= 4 is 0 Å². The maximum Gasteiger partial charge on any atom is 0.0954 e. The van der Waals surface area contributed by atoms with E-state index in [4.69, 9.17) is 9.47 Å². The van der Waals surface area contributed by atoms with E-state index in [-0.39, 0.29) is 12.2 Å². The van der Waals surface area contributed by atoms with Gasteiger partial charge >= 0.3 is 0 Å². The van der Waals surface area contributed by atoms with Crippen LogP contribution in [0.5, 0.6) is 0 Å². The molecule has 1 aliphatic rings. The molecule has 0 spiro atoms. The van der Waals surface area contributed by atoms with Gasteiger partial charge in [0.25, 0.3) is 0 Å². The van der Waals surface area contributed by atoms with Crippen LogP contribution in [0.15, 0.2) is 30.3 Å². The summed E-state index contributed by atoms with van der Waals surface area (Å²) in [6.45, 7) is 5.49. The van der Waals surface area contributed by atoms with E-state index in [2.05, 4.69) is 36.5 Å². The summed E-state index contributed by atoms with van der Waals surface area (Å²) in [7, 11) is 0. The van der Waals surface area contributed by atoms with Gasteiger partial charge < -0.3 is 14.8 Å². The molecule has 1 N–H and O–H groups in total. The lowest BCUT2D eigenvalue weighted by Crippen LogP contribution is -2.27. The molecule has 0 amide bonds. The van der Waals surface area contributed by atoms with Crippen molar-refractivity contribution in [3.63, 3.8) is 0 Å². The Bertz CT molecular complexity index is 309. The smallest absolute Gasteiger partial charge is 0.0954 e. The molecule has 3 heteroatoms. The lowest BCUT2D eigenvalue weighted by atomic mass is 10.1. The molecule has 17 heavy (non-hydrogen) atoms. The van der Waals surface area contributed by atoms with Crippen LogP contribution in [0.4, 0.5) is 0 Å². The van der Waals surface area contributed by atoms with E-state index in [9.17, 15) is 0 Å². The molecule has 0 aromatic heterocycles. The number of hydrogen-bond donors (Lipinski definition) is 1. The molecule has 1 aliphatic heterocycles. The summed E-state index contributed by atoms with van der Waals surface area (Å²) in [6, 6.07) is 10.4. The standard InChI is InChI=1S/C14H21NO2/c1-2-15-10-14(12-6-4-3-5-7-12)17-13-8-9-16-11-13/h3-7,13-15H,2,8-11H2,1H3. The highest BCUT2D eigenvalue weighted by molar-refractivity contribution is 5.18. The van der Waals surface area contributed by atoms with Crippen molar-refractivity contribution in [1.29, 1.82) is 0 Å². The molecule has 0 aliphatic carbocycles. The number of likely N-dealkylation sites (N-methyl/N-ethyl adjacent to an activating group) is 1. The first kappa shape index (κ1) is 12.6. The van der Waals surface area contributed by atoms with Gasteiger partial charge in [-0.2, -0.15) is 0 Å². The molecular weight excluding hydrogens is 214 g/mol. The second-order valence-electron chi connectivity index (χ2n) is 4.33. The zero-order chi connectivity index (χ0) is 11.9. The third kappa shape index (κ3) is 3.80. The van der Waals surface area contributed by atoms with Gasteiger partial charge in [0.15, 0.2) is 0 Å². The highest BCUT2D eigenvalue weighted by atomic mass is 16.6. The molecule has 94 valence electrons. The Morgan fingerprint density at radius 2 is 2.24 bits per heavy atom. The Balaban J connectivity index is 1.97. The summed E-state index contributed by atoms with van der Waals surface area (Å²) in [5.74, 6) is 0. The Morgan fingerprint density at radius 3 is 2.88 bits per heavy atom. The Labute approximate surface area is 103 Å². The molecule has 1 aromatic rings. The van der Waals surface area contributed by atoms with Crippen LogP contribution in [-0.4, -0.2) is 32.4 Å². The van der Waals surface area contributed by atoms with Crippen LogP contribution in [0, 0.1) is 0 Å². The molecule has 1 fully saturated rings. The first-order valence-corrected chi connectivity index (χ1v) is 6.39. The van der Waals surface area contributed by atoms with Crippen LogP contribution in [0.1, 0.15) is 25.0 Å². The average molecular weight is 235 g/mol. The van der Waals surface area contributed by atoms with Gasteiger partial charge in [0, 0.05) is 13.2 Å². The normalized spacial score (nSPS) is 21.6. The van der Waals surface area contributed by atoms with E-state index < -0.39 is 0 Å². The van der Waals surface area contributed by atoms with Crippen molar-refractivity contribution in [3.8, 4) is 0 Å². The lowest BCUT2D eigenvalue weighted by molar-refractivity contribution is -0.0162. The minimum atomic E-state index is 0.128. The van der Waals surface area contributed by atoms with Crippen LogP contribution < -0.4 is 5.32 Å². The number of hydrogen-bond acceptors (Lipinski definition) is 3. The number of ether oxygens (including phenoxy) is 2. The van der Waals surface area contributed by atoms with E-state index >= 15 is 0 Å². The number of benzene rings is 1. The van der Waals surface area contributed by atoms with Crippen LogP contribution >= 0.6 is 0 Å². The van der Waals surface area contributed by atoms with E-state index in [1.807, 2.05) is 6.07 Å². The minimum absolute atomic E-state index is 0.128. The first-order valence-electron chi connectivity index (χ1n) is 6.39. The molecule has 0 bridgehead atoms. The van der Waals surface area contributed by atoms with Gasteiger partial charge in [-0.1, -0.05) is 37.3 Å². The van der Waals surface area contributed by atoms with E-state index in [1.165, 1.54) is 5.56 Å². The number of nitrogens with one attached hydrogen (secondary N) is 1. The average Bonchev–Trinajstić information content (AvgIpc) is 2.88. The quantitative estimate of drug-likeness (QED) is 0.819. The topological polar surface area (TPSA) is 30.5 Å². The summed E-state index contributed by atoms with van der Waals surface area (Å²) >= 11 is 0. The zero-order valence-corrected chi connectivity index (χ0v) is 10.4. The number of rotatable bonds is 6. The van der Waals surface area contributed by atoms with E-state index in [0.717, 1.165) is 32.7 Å². The summed E-state index contributed by atoms with van der Waals surface area (Å²) in [5.41, 5.74) is 1.24. The summed E-state index contributed by atoms with van der Waals surface area (Å²) in [4.78, 5) is 0.